The van der Waals surface area contributed by atoms with E-state index in [9.17, 15) is 19.8 Å². The number of ether oxygens (including phenoxy) is 5. The van der Waals surface area contributed by atoms with Gasteiger partial charge < -0.3 is 39.2 Å². The van der Waals surface area contributed by atoms with Crippen LogP contribution in [0, 0.1) is 0 Å². The average molecular weight is 534 g/mol. The number of esters is 2. The SMILES string of the molecule is CCC[C@]12C=C(OC)[C@@H](OC(=O)C(O)(CCC(C)(C)O)CC(=O)OC)[C@H]1c1cc3c(cc1CCN2)OCO3. The van der Waals surface area contributed by atoms with Crippen LogP contribution < -0.4 is 14.8 Å². The molecule has 10 nitrogen and oxygen atoms in total. The fourth-order valence-corrected chi connectivity index (χ4v) is 5.74. The first-order chi connectivity index (χ1) is 17.9. The largest absolute Gasteiger partial charge is 0.497 e. The Labute approximate surface area is 223 Å². The van der Waals surface area contributed by atoms with E-state index in [1.165, 1.54) is 14.2 Å². The molecule has 1 aromatic carbocycles. The van der Waals surface area contributed by atoms with Gasteiger partial charge in [0.25, 0.3) is 0 Å². The summed E-state index contributed by atoms with van der Waals surface area (Å²) in [7, 11) is 2.71. The fraction of sp³-hybridized carbons (Fsp3) is 0.643. The Morgan fingerprint density at radius 1 is 1.16 bits per heavy atom. The molecular formula is C28H39NO9. The third kappa shape index (κ3) is 5.48. The van der Waals surface area contributed by atoms with Gasteiger partial charge in [-0.2, -0.15) is 0 Å². The van der Waals surface area contributed by atoms with E-state index < -0.39 is 41.2 Å². The number of nitrogens with one attached hydrogen (secondary N) is 1. The molecule has 2 heterocycles. The van der Waals surface area contributed by atoms with Crippen LogP contribution in [0.15, 0.2) is 24.0 Å². The molecule has 4 rings (SSSR count). The summed E-state index contributed by atoms with van der Waals surface area (Å²) in [6, 6.07) is 3.92. The molecule has 1 aromatic rings. The molecule has 0 amide bonds. The van der Waals surface area contributed by atoms with Gasteiger partial charge in [-0.15, -0.1) is 0 Å². The minimum Gasteiger partial charge on any atom is -0.497 e. The van der Waals surface area contributed by atoms with E-state index in [2.05, 4.69) is 12.2 Å². The Kier molecular flexibility index (Phi) is 7.97. The summed E-state index contributed by atoms with van der Waals surface area (Å²) >= 11 is 0. The van der Waals surface area contributed by atoms with E-state index in [-0.39, 0.29) is 25.6 Å². The topological polar surface area (TPSA) is 133 Å². The van der Waals surface area contributed by atoms with Gasteiger partial charge in [0.15, 0.2) is 23.2 Å². The summed E-state index contributed by atoms with van der Waals surface area (Å²) < 4.78 is 27.8. The van der Waals surface area contributed by atoms with Crippen molar-refractivity contribution in [1.29, 1.82) is 0 Å². The Balaban J connectivity index is 1.74. The van der Waals surface area contributed by atoms with Gasteiger partial charge in [0.2, 0.25) is 6.79 Å². The summed E-state index contributed by atoms with van der Waals surface area (Å²) in [6.45, 7) is 6.05. The zero-order chi connectivity index (χ0) is 27.7. The lowest BCUT2D eigenvalue weighted by atomic mass is 9.76. The summed E-state index contributed by atoms with van der Waals surface area (Å²) in [6.07, 6.45) is 2.71. The second kappa shape index (κ2) is 10.7. The number of fused-ring (bicyclic) bond motifs is 4. The van der Waals surface area contributed by atoms with Gasteiger partial charge in [0.1, 0.15) is 5.76 Å². The van der Waals surface area contributed by atoms with Crippen molar-refractivity contribution in [2.75, 3.05) is 27.6 Å². The van der Waals surface area contributed by atoms with Crippen LogP contribution in [-0.4, -0.2) is 72.6 Å². The molecule has 3 aliphatic rings. The highest BCUT2D eigenvalue weighted by Gasteiger charge is 2.54. The van der Waals surface area contributed by atoms with Crippen LogP contribution in [0.1, 0.15) is 69.9 Å². The van der Waals surface area contributed by atoms with Crippen LogP contribution in [0.4, 0.5) is 0 Å². The van der Waals surface area contributed by atoms with Crippen molar-refractivity contribution in [3.8, 4) is 11.5 Å². The van der Waals surface area contributed by atoms with Gasteiger partial charge in [-0.1, -0.05) is 13.3 Å². The summed E-state index contributed by atoms with van der Waals surface area (Å²) in [4.78, 5) is 25.8. The van der Waals surface area contributed by atoms with Crippen molar-refractivity contribution in [1.82, 2.24) is 5.32 Å². The molecule has 0 bridgehead atoms. The molecule has 1 unspecified atom stereocenters. The van der Waals surface area contributed by atoms with Crippen LogP contribution >= 0.6 is 0 Å². The molecule has 0 spiro atoms. The summed E-state index contributed by atoms with van der Waals surface area (Å²) in [5.74, 6) is -0.359. The van der Waals surface area contributed by atoms with E-state index in [0.29, 0.717) is 23.8 Å². The van der Waals surface area contributed by atoms with Crippen molar-refractivity contribution < 1.29 is 43.5 Å². The smallest absolute Gasteiger partial charge is 0.339 e. The van der Waals surface area contributed by atoms with Crippen LogP contribution in [0.5, 0.6) is 11.5 Å². The van der Waals surface area contributed by atoms with Gasteiger partial charge in [-0.05, 0) is 68.9 Å². The van der Waals surface area contributed by atoms with Crippen LogP contribution in [0.2, 0.25) is 0 Å². The minimum absolute atomic E-state index is 0.0598. The molecule has 2 aliphatic heterocycles. The molecule has 4 atom stereocenters. The standard InChI is InChI=1S/C28H39NO9/c1-6-8-27-14-21(34-4)24(38-25(31)28(33,15-22(30)35-5)10-9-26(2,3)32)23(27)18-13-20-19(36-16-37-20)12-17(18)7-11-29-27/h12-14,23-24,29,32-33H,6-11,15-16H2,1-5H3/t23-,24-,27+,28?/m1/s1. The quantitative estimate of drug-likeness (QED) is 0.385. The maximum absolute atomic E-state index is 13.7. The molecule has 0 fully saturated rings. The predicted octanol–water partition coefficient (Wildman–Crippen LogP) is 2.48. The fourth-order valence-electron chi connectivity index (χ4n) is 5.74. The highest BCUT2D eigenvalue weighted by atomic mass is 16.7. The highest BCUT2D eigenvalue weighted by molar-refractivity contribution is 5.86. The first-order valence-corrected chi connectivity index (χ1v) is 13.1. The Bertz CT molecular complexity index is 1090. The molecule has 1 aliphatic carbocycles. The monoisotopic (exact) mass is 533 g/mol. The number of benzene rings is 1. The van der Waals surface area contributed by atoms with E-state index in [1.54, 1.807) is 13.8 Å². The van der Waals surface area contributed by atoms with Crippen molar-refractivity contribution >= 4 is 11.9 Å². The maximum Gasteiger partial charge on any atom is 0.339 e. The van der Waals surface area contributed by atoms with Crippen LogP contribution in [0.3, 0.4) is 0 Å². The van der Waals surface area contributed by atoms with E-state index in [4.69, 9.17) is 23.7 Å². The lowest BCUT2D eigenvalue weighted by molar-refractivity contribution is -0.179. The molecule has 10 heteroatoms. The van der Waals surface area contributed by atoms with Gasteiger partial charge in [0.05, 0.1) is 37.7 Å². The maximum atomic E-state index is 13.7. The van der Waals surface area contributed by atoms with Gasteiger partial charge in [-0.3, -0.25) is 4.79 Å². The van der Waals surface area contributed by atoms with Crippen molar-refractivity contribution in [2.45, 2.75) is 88.1 Å². The van der Waals surface area contributed by atoms with Crippen molar-refractivity contribution in [3.63, 3.8) is 0 Å². The van der Waals surface area contributed by atoms with Crippen LogP contribution in [0.25, 0.3) is 0 Å². The van der Waals surface area contributed by atoms with Gasteiger partial charge >= 0.3 is 11.9 Å². The number of aliphatic hydroxyl groups is 2. The molecule has 38 heavy (non-hydrogen) atoms. The van der Waals surface area contributed by atoms with E-state index >= 15 is 0 Å². The Hall–Kier alpha value is -2.82. The molecule has 0 saturated carbocycles. The van der Waals surface area contributed by atoms with E-state index in [1.807, 2.05) is 18.2 Å². The third-order valence-corrected chi connectivity index (χ3v) is 7.68. The molecule has 0 radical (unpaired) electrons. The lowest BCUT2D eigenvalue weighted by Gasteiger charge is -2.38. The average Bonchev–Trinajstić information content (AvgIpc) is 3.39. The minimum atomic E-state index is -2.20. The zero-order valence-electron chi connectivity index (χ0n) is 22.8. The second-order valence-electron chi connectivity index (χ2n) is 11.0. The number of methoxy groups -OCH3 is 2. The van der Waals surface area contributed by atoms with Gasteiger partial charge in [-0.25, -0.2) is 4.79 Å². The Morgan fingerprint density at radius 2 is 1.87 bits per heavy atom. The third-order valence-electron chi connectivity index (χ3n) is 7.68. The molecule has 210 valence electrons. The zero-order valence-corrected chi connectivity index (χ0v) is 22.8. The normalized spacial score (nSPS) is 25.4. The van der Waals surface area contributed by atoms with E-state index in [0.717, 1.165) is 30.4 Å². The second-order valence-corrected chi connectivity index (χ2v) is 11.0. The number of hydrogen-bond acceptors (Lipinski definition) is 10. The number of carbonyl (C=O) groups excluding carboxylic acids is 2. The first-order valence-electron chi connectivity index (χ1n) is 13.1. The molecular weight excluding hydrogens is 494 g/mol. The molecule has 0 saturated heterocycles. The highest BCUT2D eigenvalue weighted by Crippen LogP contribution is 2.51. The van der Waals surface area contributed by atoms with Crippen molar-refractivity contribution in [2.24, 2.45) is 0 Å². The molecule has 0 aromatic heterocycles. The lowest BCUT2D eigenvalue weighted by Crippen LogP contribution is -2.50. The predicted molar refractivity (Wildman–Crippen MR) is 137 cm³/mol. The number of rotatable bonds is 10. The summed E-state index contributed by atoms with van der Waals surface area (Å²) in [5.41, 5.74) is -1.95. The molecule has 3 N–H and O–H groups in total. The number of hydrogen-bond donors (Lipinski definition) is 3. The van der Waals surface area contributed by atoms with Gasteiger partial charge in [0, 0.05) is 6.54 Å². The van der Waals surface area contributed by atoms with Crippen molar-refractivity contribution in [3.05, 3.63) is 35.1 Å². The number of carbonyl (C=O) groups is 2. The first kappa shape index (κ1) is 28.2. The summed E-state index contributed by atoms with van der Waals surface area (Å²) in [5, 5.41) is 25.3. The Morgan fingerprint density at radius 3 is 2.50 bits per heavy atom. The van der Waals surface area contributed by atoms with Crippen LogP contribution in [-0.2, 0) is 30.2 Å².